The van der Waals surface area contributed by atoms with Crippen molar-refractivity contribution in [2.75, 3.05) is 6.61 Å². The lowest BCUT2D eigenvalue weighted by molar-refractivity contribution is 0.112. The Morgan fingerprint density at radius 1 is 1.46 bits per heavy atom. The zero-order valence-electron chi connectivity index (χ0n) is 7.82. The van der Waals surface area contributed by atoms with Gasteiger partial charge in [-0.15, -0.1) is 0 Å². The highest BCUT2D eigenvalue weighted by atomic mass is 16.3. The topological polar surface area (TPSA) is 57.5 Å². The minimum atomic E-state index is 0.0422. The molecule has 0 unspecified atom stereocenters. The molecule has 0 atom stereocenters. The van der Waals surface area contributed by atoms with E-state index in [1.807, 2.05) is 6.92 Å². The predicted molar refractivity (Wildman–Crippen MR) is 51.0 cm³/mol. The van der Waals surface area contributed by atoms with Crippen molar-refractivity contribution in [3.05, 3.63) is 29.3 Å². The Bertz CT molecular complexity index is 269. The van der Waals surface area contributed by atoms with Crippen LogP contribution in [-0.2, 0) is 0 Å². The van der Waals surface area contributed by atoms with Crippen molar-refractivity contribution in [2.24, 2.45) is 0 Å². The largest absolute Gasteiger partial charge is 0.507 e. The zero-order valence-corrected chi connectivity index (χ0v) is 7.82. The third-order valence-corrected chi connectivity index (χ3v) is 1.31. The van der Waals surface area contributed by atoms with Gasteiger partial charge in [-0.1, -0.05) is 11.6 Å². The van der Waals surface area contributed by atoms with Gasteiger partial charge in [-0.05, 0) is 26.0 Å². The Kier molecular flexibility index (Phi) is 5.55. The second-order valence-electron chi connectivity index (χ2n) is 2.50. The van der Waals surface area contributed by atoms with Gasteiger partial charge < -0.3 is 10.2 Å². The highest BCUT2D eigenvalue weighted by Crippen LogP contribution is 2.15. The van der Waals surface area contributed by atoms with Crippen LogP contribution in [-0.4, -0.2) is 23.1 Å². The number of aliphatic hydroxyl groups excluding tert-OH is 1. The number of rotatable bonds is 1. The molecule has 1 aromatic carbocycles. The van der Waals surface area contributed by atoms with Crippen LogP contribution in [0.15, 0.2) is 18.2 Å². The molecule has 1 rings (SSSR count). The monoisotopic (exact) mass is 182 g/mol. The van der Waals surface area contributed by atoms with Gasteiger partial charge in [0.25, 0.3) is 0 Å². The molecule has 3 heteroatoms. The van der Waals surface area contributed by atoms with E-state index in [0.29, 0.717) is 11.8 Å². The summed E-state index contributed by atoms with van der Waals surface area (Å²) in [6.45, 7) is 3.80. The van der Waals surface area contributed by atoms with E-state index < -0.39 is 0 Å². The van der Waals surface area contributed by atoms with Crippen molar-refractivity contribution < 1.29 is 15.0 Å². The highest BCUT2D eigenvalue weighted by Gasteiger charge is 1.96. The first-order valence-electron chi connectivity index (χ1n) is 4.01. The van der Waals surface area contributed by atoms with Gasteiger partial charge in [0.1, 0.15) is 5.75 Å². The quantitative estimate of drug-likeness (QED) is 0.647. The molecule has 0 saturated carbocycles. The number of carbonyl (C=O) groups is 1. The fourth-order valence-corrected chi connectivity index (χ4v) is 0.768. The summed E-state index contributed by atoms with van der Waals surface area (Å²) in [4.78, 5) is 10.2. The van der Waals surface area contributed by atoms with Crippen molar-refractivity contribution >= 4 is 6.29 Å². The van der Waals surface area contributed by atoms with Crippen molar-refractivity contribution in [2.45, 2.75) is 13.8 Å². The smallest absolute Gasteiger partial charge is 0.153 e. The van der Waals surface area contributed by atoms with Gasteiger partial charge >= 0.3 is 0 Å². The van der Waals surface area contributed by atoms with Crippen LogP contribution in [0.3, 0.4) is 0 Å². The zero-order chi connectivity index (χ0) is 10.3. The van der Waals surface area contributed by atoms with Crippen LogP contribution in [0.1, 0.15) is 22.8 Å². The van der Waals surface area contributed by atoms with Crippen LogP contribution < -0.4 is 0 Å². The predicted octanol–water partition coefficient (Wildman–Crippen LogP) is 1.51. The average Bonchev–Trinajstić information content (AvgIpc) is 2.10. The normalized spacial score (nSPS) is 8.54. The van der Waals surface area contributed by atoms with Crippen molar-refractivity contribution in [3.8, 4) is 5.75 Å². The van der Waals surface area contributed by atoms with E-state index in [1.54, 1.807) is 19.1 Å². The van der Waals surface area contributed by atoms with Crippen molar-refractivity contribution in [3.63, 3.8) is 0 Å². The standard InChI is InChI=1S/C8H8O2.C2H6O/c1-6-2-3-8(10)7(4-6)5-9;1-2-3/h2-5,10H,1H3;3H,2H2,1H3. The van der Waals surface area contributed by atoms with E-state index in [4.69, 9.17) is 10.2 Å². The molecule has 0 aliphatic rings. The maximum absolute atomic E-state index is 10.2. The van der Waals surface area contributed by atoms with Gasteiger partial charge in [-0.2, -0.15) is 0 Å². The highest BCUT2D eigenvalue weighted by molar-refractivity contribution is 5.79. The lowest BCUT2D eigenvalue weighted by atomic mass is 10.1. The summed E-state index contributed by atoms with van der Waals surface area (Å²) in [6.07, 6.45) is 0.641. The number of carbonyl (C=O) groups excluding carboxylic acids is 1. The number of aryl methyl sites for hydroxylation is 1. The van der Waals surface area contributed by atoms with E-state index in [0.717, 1.165) is 5.56 Å². The number of phenols is 1. The van der Waals surface area contributed by atoms with Crippen LogP contribution in [0.25, 0.3) is 0 Å². The summed E-state index contributed by atoms with van der Waals surface area (Å²) in [5, 5.41) is 16.6. The minimum Gasteiger partial charge on any atom is -0.507 e. The Morgan fingerprint density at radius 2 is 2.00 bits per heavy atom. The molecule has 0 spiro atoms. The molecular formula is C10H14O3. The van der Waals surface area contributed by atoms with E-state index in [-0.39, 0.29) is 12.4 Å². The van der Waals surface area contributed by atoms with Crippen LogP contribution in [0.5, 0.6) is 5.75 Å². The van der Waals surface area contributed by atoms with Gasteiger partial charge in [-0.25, -0.2) is 0 Å². The Labute approximate surface area is 77.6 Å². The summed E-state index contributed by atoms with van der Waals surface area (Å²) < 4.78 is 0. The van der Waals surface area contributed by atoms with Crippen LogP contribution >= 0.6 is 0 Å². The van der Waals surface area contributed by atoms with E-state index in [1.165, 1.54) is 6.07 Å². The molecule has 0 aromatic heterocycles. The van der Waals surface area contributed by atoms with Crippen LogP contribution in [0.4, 0.5) is 0 Å². The van der Waals surface area contributed by atoms with Gasteiger partial charge in [0.05, 0.1) is 5.56 Å². The van der Waals surface area contributed by atoms with Gasteiger partial charge in [-0.3, -0.25) is 4.79 Å². The maximum Gasteiger partial charge on any atom is 0.153 e. The Balaban J connectivity index is 0.000000424. The molecule has 0 radical (unpaired) electrons. The number of phenolic OH excluding ortho intramolecular Hbond substituents is 1. The van der Waals surface area contributed by atoms with Crippen LogP contribution in [0.2, 0.25) is 0 Å². The molecule has 0 aliphatic carbocycles. The number of aldehydes is 1. The second-order valence-corrected chi connectivity index (χ2v) is 2.50. The first kappa shape index (κ1) is 11.6. The van der Waals surface area contributed by atoms with E-state index in [9.17, 15) is 4.79 Å². The molecule has 0 amide bonds. The van der Waals surface area contributed by atoms with Gasteiger partial charge in [0.15, 0.2) is 6.29 Å². The van der Waals surface area contributed by atoms with Crippen LogP contribution in [0, 0.1) is 6.92 Å². The molecule has 0 heterocycles. The first-order chi connectivity index (χ1) is 6.15. The molecule has 2 N–H and O–H groups in total. The Morgan fingerprint density at radius 3 is 2.38 bits per heavy atom. The maximum atomic E-state index is 10.2. The molecule has 13 heavy (non-hydrogen) atoms. The van der Waals surface area contributed by atoms with Gasteiger partial charge in [0, 0.05) is 6.61 Å². The number of benzene rings is 1. The molecule has 72 valence electrons. The summed E-state index contributed by atoms with van der Waals surface area (Å²) in [6, 6.07) is 4.91. The molecular weight excluding hydrogens is 168 g/mol. The second kappa shape index (κ2) is 6.20. The molecule has 0 aliphatic heterocycles. The lowest BCUT2D eigenvalue weighted by Crippen LogP contribution is -1.81. The summed E-state index contributed by atoms with van der Waals surface area (Å²) >= 11 is 0. The average molecular weight is 182 g/mol. The SMILES string of the molecule is CCO.Cc1ccc(O)c(C=O)c1. The molecule has 0 fully saturated rings. The van der Waals surface area contributed by atoms with Crippen molar-refractivity contribution in [1.29, 1.82) is 0 Å². The van der Waals surface area contributed by atoms with E-state index in [2.05, 4.69) is 0 Å². The number of aliphatic hydroxyl groups is 1. The molecule has 1 aromatic rings. The number of hydrogen-bond acceptors (Lipinski definition) is 3. The third-order valence-electron chi connectivity index (χ3n) is 1.31. The minimum absolute atomic E-state index is 0.0422. The first-order valence-corrected chi connectivity index (χ1v) is 4.01. The fourth-order valence-electron chi connectivity index (χ4n) is 0.768. The Hall–Kier alpha value is -1.35. The number of aromatic hydroxyl groups is 1. The van der Waals surface area contributed by atoms with E-state index >= 15 is 0 Å². The lowest BCUT2D eigenvalue weighted by Gasteiger charge is -1.96. The summed E-state index contributed by atoms with van der Waals surface area (Å²) in [5.74, 6) is 0.0422. The fraction of sp³-hybridized carbons (Fsp3) is 0.300. The third kappa shape index (κ3) is 4.28. The summed E-state index contributed by atoms with van der Waals surface area (Å²) in [7, 11) is 0. The van der Waals surface area contributed by atoms with Gasteiger partial charge in [0.2, 0.25) is 0 Å². The van der Waals surface area contributed by atoms with Crippen molar-refractivity contribution in [1.82, 2.24) is 0 Å². The molecule has 0 bridgehead atoms. The number of hydrogen-bond donors (Lipinski definition) is 2. The summed E-state index contributed by atoms with van der Waals surface area (Å²) in [5.41, 5.74) is 1.32. The molecule has 3 nitrogen and oxygen atoms in total. The molecule has 0 saturated heterocycles.